The fourth-order valence-corrected chi connectivity index (χ4v) is 3.08. The van der Waals surface area contributed by atoms with Crippen molar-refractivity contribution in [2.45, 2.75) is 51.8 Å². The predicted octanol–water partition coefficient (Wildman–Crippen LogP) is 1.85. The van der Waals surface area contributed by atoms with Gasteiger partial charge in [0.05, 0.1) is 12.1 Å². The Morgan fingerprint density at radius 3 is 2.90 bits per heavy atom. The molecular formula is C17H26N2O2. The molecule has 1 atom stereocenters. The average molecular weight is 290 g/mol. The summed E-state index contributed by atoms with van der Waals surface area (Å²) in [5.41, 5.74) is 1.56. The summed E-state index contributed by atoms with van der Waals surface area (Å²) < 4.78 is 0. The van der Waals surface area contributed by atoms with Crippen molar-refractivity contribution in [3.8, 4) is 0 Å². The highest BCUT2D eigenvalue weighted by Crippen LogP contribution is 2.26. The molecule has 4 heteroatoms. The van der Waals surface area contributed by atoms with Gasteiger partial charge in [-0.05, 0) is 45.7 Å². The number of hydrogen-bond acceptors (Lipinski definition) is 3. The number of aryl methyl sites for hydroxylation is 1. The van der Waals surface area contributed by atoms with Gasteiger partial charge >= 0.3 is 0 Å². The second kappa shape index (κ2) is 6.58. The number of likely N-dealkylation sites (tertiary alicyclic amines) is 1. The molecule has 1 aromatic rings. The Balaban J connectivity index is 1.84. The number of carbonyl (C=O) groups is 1. The molecule has 1 heterocycles. The van der Waals surface area contributed by atoms with Crippen LogP contribution >= 0.6 is 0 Å². The number of rotatable bonds is 5. The summed E-state index contributed by atoms with van der Waals surface area (Å²) in [6.07, 6.45) is 1.99. The Hall–Kier alpha value is -1.39. The lowest BCUT2D eigenvalue weighted by molar-refractivity contribution is -0.123. The van der Waals surface area contributed by atoms with E-state index in [1.807, 2.05) is 39.0 Å². The number of nitrogens with one attached hydrogen (secondary N) is 1. The molecule has 0 spiro atoms. The van der Waals surface area contributed by atoms with Crippen molar-refractivity contribution in [1.82, 2.24) is 10.2 Å². The van der Waals surface area contributed by atoms with Gasteiger partial charge in [-0.2, -0.15) is 0 Å². The van der Waals surface area contributed by atoms with Crippen LogP contribution in [0, 0.1) is 6.92 Å². The van der Waals surface area contributed by atoms with Crippen LogP contribution in [0.3, 0.4) is 0 Å². The molecule has 0 radical (unpaired) electrons. The van der Waals surface area contributed by atoms with Gasteiger partial charge in [0.25, 0.3) is 0 Å². The molecule has 2 rings (SSSR count). The van der Waals surface area contributed by atoms with Crippen molar-refractivity contribution in [3.05, 3.63) is 35.4 Å². The van der Waals surface area contributed by atoms with Crippen molar-refractivity contribution in [1.29, 1.82) is 0 Å². The van der Waals surface area contributed by atoms with Gasteiger partial charge in [-0.25, -0.2) is 0 Å². The zero-order chi connectivity index (χ0) is 15.5. The maximum absolute atomic E-state index is 12.1. The average Bonchev–Trinajstić information content (AvgIpc) is 2.84. The van der Waals surface area contributed by atoms with Gasteiger partial charge in [0, 0.05) is 12.6 Å². The normalized spacial score (nSPS) is 19.7. The molecule has 4 nitrogen and oxygen atoms in total. The standard InChI is InChI=1S/C17H26N2O2/c1-13-6-4-7-14(10-13)11-18-16(20)12-19-9-5-8-15(19)17(2,3)21/h4,6-7,10,15,21H,5,8-9,11-12H2,1-3H3,(H,18,20). The number of nitrogens with zero attached hydrogens (tertiary/aromatic N) is 1. The van der Waals surface area contributed by atoms with Gasteiger partial charge in [0.15, 0.2) is 0 Å². The largest absolute Gasteiger partial charge is 0.389 e. The zero-order valence-corrected chi connectivity index (χ0v) is 13.2. The summed E-state index contributed by atoms with van der Waals surface area (Å²) in [6.45, 7) is 7.49. The lowest BCUT2D eigenvalue weighted by atomic mass is 9.97. The second-order valence-electron chi connectivity index (χ2n) is 6.55. The maximum atomic E-state index is 12.1. The summed E-state index contributed by atoms with van der Waals surface area (Å²) in [6, 6.07) is 8.21. The Morgan fingerprint density at radius 1 is 1.48 bits per heavy atom. The van der Waals surface area contributed by atoms with Crippen molar-refractivity contribution < 1.29 is 9.90 Å². The first-order valence-corrected chi connectivity index (χ1v) is 7.65. The zero-order valence-electron chi connectivity index (χ0n) is 13.2. The predicted molar refractivity (Wildman–Crippen MR) is 83.9 cm³/mol. The molecule has 1 unspecified atom stereocenters. The van der Waals surface area contributed by atoms with E-state index in [1.54, 1.807) is 0 Å². The Morgan fingerprint density at radius 2 is 2.24 bits per heavy atom. The third kappa shape index (κ3) is 4.55. The number of aliphatic hydroxyl groups is 1. The Bertz CT molecular complexity index is 494. The van der Waals surface area contributed by atoms with Crippen LogP contribution in [-0.4, -0.2) is 40.6 Å². The topological polar surface area (TPSA) is 52.6 Å². The van der Waals surface area contributed by atoms with Crippen LogP contribution in [0.1, 0.15) is 37.8 Å². The molecule has 21 heavy (non-hydrogen) atoms. The van der Waals surface area contributed by atoms with E-state index in [2.05, 4.69) is 16.3 Å². The highest BCUT2D eigenvalue weighted by atomic mass is 16.3. The summed E-state index contributed by atoms with van der Waals surface area (Å²) in [7, 11) is 0. The van der Waals surface area contributed by atoms with E-state index in [0.717, 1.165) is 24.9 Å². The molecular weight excluding hydrogens is 264 g/mol. The second-order valence-corrected chi connectivity index (χ2v) is 6.55. The van der Waals surface area contributed by atoms with E-state index in [4.69, 9.17) is 0 Å². The Labute approximate surface area is 127 Å². The van der Waals surface area contributed by atoms with Gasteiger partial charge in [-0.15, -0.1) is 0 Å². The summed E-state index contributed by atoms with van der Waals surface area (Å²) >= 11 is 0. The van der Waals surface area contributed by atoms with Crippen molar-refractivity contribution in [2.24, 2.45) is 0 Å². The monoisotopic (exact) mass is 290 g/mol. The molecule has 0 saturated carbocycles. The fraction of sp³-hybridized carbons (Fsp3) is 0.588. The fourth-order valence-electron chi connectivity index (χ4n) is 3.08. The quantitative estimate of drug-likeness (QED) is 0.870. The number of hydrogen-bond donors (Lipinski definition) is 2. The summed E-state index contributed by atoms with van der Waals surface area (Å²) in [5, 5.41) is 13.1. The van der Waals surface area contributed by atoms with E-state index in [1.165, 1.54) is 5.56 Å². The molecule has 1 saturated heterocycles. The van der Waals surface area contributed by atoms with Crippen LogP contribution in [0.2, 0.25) is 0 Å². The number of carbonyl (C=O) groups excluding carboxylic acids is 1. The van der Waals surface area contributed by atoms with Crippen LogP contribution < -0.4 is 5.32 Å². The molecule has 0 bridgehead atoms. The van der Waals surface area contributed by atoms with E-state index in [9.17, 15) is 9.90 Å². The van der Waals surface area contributed by atoms with Gasteiger partial charge in [0.1, 0.15) is 0 Å². The van der Waals surface area contributed by atoms with E-state index in [-0.39, 0.29) is 11.9 Å². The first-order valence-electron chi connectivity index (χ1n) is 7.65. The van der Waals surface area contributed by atoms with E-state index >= 15 is 0 Å². The van der Waals surface area contributed by atoms with Crippen LogP contribution in [-0.2, 0) is 11.3 Å². The molecule has 1 aromatic carbocycles. The molecule has 0 aromatic heterocycles. The van der Waals surface area contributed by atoms with Crippen LogP contribution in [0.5, 0.6) is 0 Å². The molecule has 1 amide bonds. The van der Waals surface area contributed by atoms with E-state index in [0.29, 0.717) is 13.1 Å². The van der Waals surface area contributed by atoms with Crippen molar-refractivity contribution >= 4 is 5.91 Å². The molecule has 116 valence electrons. The van der Waals surface area contributed by atoms with Crippen molar-refractivity contribution in [2.75, 3.05) is 13.1 Å². The lowest BCUT2D eigenvalue weighted by Gasteiger charge is -2.33. The SMILES string of the molecule is Cc1cccc(CNC(=O)CN2CCCC2C(C)(C)O)c1. The molecule has 1 aliphatic heterocycles. The van der Waals surface area contributed by atoms with Crippen LogP contribution in [0.25, 0.3) is 0 Å². The Kier molecular flexibility index (Phi) is 5.01. The van der Waals surface area contributed by atoms with Gasteiger partial charge in [0.2, 0.25) is 5.91 Å². The maximum Gasteiger partial charge on any atom is 0.234 e. The van der Waals surface area contributed by atoms with Crippen molar-refractivity contribution in [3.63, 3.8) is 0 Å². The van der Waals surface area contributed by atoms with Crippen LogP contribution in [0.4, 0.5) is 0 Å². The molecule has 0 aliphatic carbocycles. The third-order valence-electron chi connectivity index (χ3n) is 4.10. The van der Waals surface area contributed by atoms with Crippen LogP contribution in [0.15, 0.2) is 24.3 Å². The summed E-state index contributed by atoms with van der Waals surface area (Å²) in [5.74, 6) is 0.0210. The highest BCUT2D eigenvalue weighted by molar-refractivity contribution is 5.78. The smallest absolute Gasteiger partial charge is 0.234 e. The minimum Gasteiger partial charge on any atom is -0.389 e. The number of amides is 1. The van der Waals surface area contributed by atoms with Gasteiger partial charge < -0.3 is 10.4 Å². The first kappa shape index (κ1) is 16.0. The lowest BCUT2D eigenvalue weighted by Crippen LogP contribution is -2.48. The van der Waals surface area contributed by atoms with Gasteiger partial charge in [-0.1, -0.05) is 29.8 Å². The molecule has 2 N–H and O–H groups in total. The minimum absolute atomic E-state index is 0.0210. The summed E-state index contributed by atoms with van der Waals surface area (Å²) in [4.78, 5) is 14.2. The first-order chi connectivity index (χ1) is 9.86. The highest BCUT2D eigenvalue weighted by Gasteiger charge is 2.36. The van der Waals surface area contributed by atoms with Gasteiger partial charge in [-0.3, -0.25) is 9.69 Å². The molecule has 1 aliphatic rings. The number of benzene rings is 1. The van der Waals surface area contributed by atoms with E-state index < -0.39 is 5.60 Å². The third-order valence-corrected chi connectivity index (χ3v) is 4.10. The molecule has 1 fully saturated rings. The minimum atomic E-state index is -0.757.